The van der Waals surface area contributed by atoms with Crippen molar-refractivity contribution in [2.45, 2.75) is 31.5 Å². The summed E-state index contributed by atoms with van der Waals surface area (Å²) in [4.78, 5) is 16.3. The highest BCUT2D eigenvalue weighted by molar-refractivity contribution is 5.79. The molecule has 160 valence electrons. The standard InChI is InChI=1S/C25H26N2O4/c1-16-10-11-17(14-27-16)24(29)23(28)12-13-26-25(30)31-15-22-20-8-4-2-6-18(20)19-7-3-5-9-21(19)22/h2-11,14,22-24,28-29H,12-13,15H2,1H3,(H,26,30). The lowest BCUT2D eigenvalue weighted by Gasteiger charge is -2.18. The van der Waals surface area contributed by atoms with Gasteiger partial charge in [-0.1, -0.05) is 54.6 Å². The number of aromatic nitrogens is 1. The van der Waals surface area contributed by atoms with Gasteiger partial charge in [0.1, 0.15) is 12.7 Å². The lowest BCUT2D eigenvalue weighted by Crippen LogP contribution is -2.30. The number of aliphatic hydroxyl groups is 2. The van der Waals surface area contributed by atoms with E-state index in [4.69, 9.17) is 4.74 Å². The van der Waals surface area contributed by atoms with Crippen molar-refractivity contribution in [3.05, 3.63) is 89.2 Å². The van der Waals surface area contributed by atoms with Crippen LogP contribution in [0.25, 0.3) is 11.1 Å². The van der Waals surface area contributed by atoms with Gasteiger partial charge in [-0.3, -0.25) is 4.98 Å². The van der Waals surface area contributed by atoms with E-state index in [1.807, 2.05) is 31.2 Å². The molecule has 1 amide bonds. The number of alkyl carbamates (subject to hydrolysis) is 1. The zero-order chi connectivity index (χ0) is 21.8. The fraction of sp³-hybridized carbons (Fsp3) is 0.280. The Balaban J connectivity index is 1.28. The molecule has 0 radical (unpaired) electrons. The number of ether oxygens (including phenoxy) is 1. The number of rotatable bonds is 7. The number of amides is 1. The van der Waals surface area contributed by atoms with E-state index in [0.717, 1.165) is 16.8 Å². The minimum Gasteiger partial charge on any atom is -0.449 e. The van der Waals surface area contributed by atoms with E-state index in [2.05, 4.69) is 34.6 Å². The first-order valence-corrected chi connectivity index (χ1v) is 10.4. The molecule has 6 heteroatoms. The summed E-state index contributed by atoms with van der Waals surface area (Å²) in [5.41, 5.74) is 6.04. The largest absolute Gasteiger partial charge is 0.449 e. The molecule has 3 aromatic rings. The SMILES string of the molecule is Cc1ccc(C(O)C(O)CCNC(=O)OCC2c3ccccc3-c3ccccc32)cn1. The van der Waals surface area contributed by atoms with Gasteiger partial charge in [0, 0.05) is 29.9 Å². The first-order chi connectivity index (χ1) is 15.0. The lowest BCUT2D eigenvalue weighted by molar-refractivity contribution is 0.0134. The fourth-order valence-corrected chi connectivity index (χ4v) is 4.01. The maximum Gasteiger partial charge on any atom is 0.407 e. The molecule has 0 saturated carbocycles. The monoisotopic (exact) mass is 418 g/mol. The van der Waals surface area contributed by atoms with Crippen LogP contribution in [0.4, 0.5) is 4.79 Å². The van der Waals surface area contributed by atoms with Gasteiger partial charge in [0.15, 0.2) is 0 Å². The predicted octanol–water partition coefficient (Wildman–Crippen LogP) is 3.71. The lowest BCUT2D eigenvalue weighted by atomic mass is 9.98. The second-order valence-electron chi connectivity index (χ2n) is 7.79. The van der Waals surface area contributed by atoms with Crippen LogP contribution in [0, 0.1) is 6.92 Å². The summed E-state index contributed by atoms with van der Waals surface area (Å²) in [5, 5.41) is 23.1. The van der Waals surface area contributed by atoms with Crippen LogP contribution >= 0.6 is 0 Å². The first-order valence-electron chi connectivity index (χ1n) is 10.4. The molecular formula is C25H26N2O4. The van der Waals surface area contributed by atoms with Gasteiger partial charge in [-0.15, -0.1) is 0 Å². The molecular weight excluding hydrogens is 392 g/mol. The molecule has 1 aromatic heterocycles. The zero-order valence-corrected chi connectivity index (χ0v) is 17.4. The van der Waals surface area contributed by atoms with Crippen LogP contribution in [-0.4, -0.2) is 40.5 Å². The molecule has 1 aliphatic rings. The molecule has 1 heterocycles. The van der Waals surface area contributed by atoms with Crippen LogP contribution in [0.3, 0.4) is 0 Å². The Morgan fingerprint density at radius 2 is 1.68 bits per heavy atom. The summed E-state index contributed by atoms with van der Waals surface area (Å²) in [7, 11) is 0. The second kappa shape index (κ2) is 9.29. The van der Waals surface area contributed by atoms with Gasteiger partial charge in [0.05, 0.1) is 6.10 Å². The molecule has 1 aliphatic carbocycles. The third-order valence-corrected chi connectivity index (χ3v) is 5.69. The molecule has 0 bridgehead atoms. The van der Waals surface area contributed by atoms with Crippen LogP contribution in [0.15, 0.2) is 66.9 Å². The van der Waals surface area contributed by atoms with E-state index in [1.165, 1.54) is 11.1 Å². The van der Waals surface area contributed by atoms with Gasteiger partial charge in [-0.2, -0.15) is 0 Å². The quantitative estimate of drug-likeness (QED) is 0.544. The molecule has 0 spiro atoms. The van der Waals surface area contributed by atoms with E-state index in [0.29, 0.717) is 5.56 Å². The van der Waals surface area contributed by atoms with Gasteiger partial charge in [0.25, 0.3) is 0 Å². The minimum absolute atomic E-state index is 0.000371. The zero-order valence-electron chi connectivity index (χ0n) is 17.4. The van der Waals surface area contributed by atoms with Crippen molar-refractivity contribution in [3.8, 4) is 11.1 Å². The molecule has 2 aromatic carbocycles. The summed E-state index contributed by atoms with van der Waals surface area (Å²) < 4.78 is 5.48. The summed E-state index contributed by atoms with van der Waals surface area (Å²) in [5.74, 6) is -0.000371. The number of carbonyl (C=O) groups excluding carboxylic acids is 1. The topological polar surface area (TPSA) is 91.7 Å². The van der Waals surface area contributed by atoms with Crippen molar-refractivity contribution in [2.75, 3.05) is 13.2 Å². The van der Waals surface area contributed by atoms with E-state index < -0.39 is 18.3 Å². The minimum atomic E-state index is -1.06. The summed E-state index contributed by atoms with van der Waals surface area (Å²) in [6.45, 7) is 2.28. The van der Waals surface area contributed by atoms with Crippen molar-refractivity contribution in [3.63, 3.8) is 0 Å². The number of aliphatic hydroxyl groups excluding tert-OH is 2. The molecule has 2 unspecified atom stereocenters. The number of aryl methyl sites for hydroxylation is 1. The number of nitrogens with one attached hydrogen (secondary N) is 1. The Morgan fingerprint density at radius 3 is 2.29 bits per heavy atom. The normalized spacial score (nSPS) is 14.4. The summed E-state index contributed by atoms with van der Waals surface area (Å²) in [6, 6.07) is 19.8. The van der Waals surface area contributed by atoms with Crippen molar-refractivity contribution in [2.24, 2.45) is 0 Å². The van der Waals surface area contributed by atoms with Gasteiger partial charge in [-0.25, -0.2) is 4.79 Å². The highest BCUT2D eigenvalue weighted by Gasteiger charge is 2.29. The van der Waals surface area contributed by atoms with Gasteiger partial charge in [-0.05, 0) is 41.7 Å². The Labute approximate surface area is 181 Å². The van der Waals surface area contributed by atoms with Crippen LogP contribution in [0.1, 0.15) is 40.8 Å². The van der Waals surface area contributed by atoms with Gasteiger partial charge in [0.2, 0.25) is 0 Å². The van der Waals surface area contributed by atoms with Crippen LogP contribution in [0.2, 0.25) is 0 Å². The van der Waals surface area contributed by atoms with Gasteiger partial charge >= 0.3 is 6.09 Å². The number of nitrogens with zero attached hydrogens (tertiary/aromatic N) is 1. The molecule has 4 rings (SSSR count). The molecule has 31 heavy (non-hydrogen) atoms. The van der Waals surface area contributed by atoms with Crippen LogP contribution < -0.4 is 5.32 Å². The van der Waals surface area contributed by atoms with E-state index in [1.54, 1.807) is 18.3 Å². The number of benzene rings is 2. The number of hydrogen-bond donors (Lipinski definition) is 3. The highest BCUT2D eigenvalue weighted by atomic mass is 16.5. The Bertz CT molecular complexity index is 1010. The second-order valence-corrected chi connectivity index (χ2v) is 7.79. The van der Waals surface area contributed by atoms with Crippen molar-refractivity contribution in [1.82, 2.24) is 10.3 Å². The average molecular weight is 418 g/mol. The van der Waals surface area contributed by atoms with Crippen LogP contribution in [0.5, 0.6) is 0 Å². The molecule has 0 fully saturated rings. The Hall–Kier alpha value is -3.22. The van der Waals surface area contributed by atoms with Crippen molar-refractivity contribution >= 4 is 6.09 Å². The van der Waals surface area contributed by atoms with E-state index in [-0.39, 0.29) is 25.5 Å². The molecule has 2 atom stereocenters. The summed E-state index contributed by atoms with van der Waals surface area (Å²) >= 11 is 0. The van der Waals surface area contributed by atoms with Crippen molar-refractivity contribution < 1.29 is 19.7 Å². The van der Waals surface area contributed by atoms with Crippen molar-refractivity contribution in [1.29, 1.82) is 0 Å². The number of carbonyl (C=O) groups is 1. The number of hydrogen-bond acceptors (Lipinski definition) is 5. The van der Waals surface area contributed by atoms with Gasteiger partial charge < -0.3 is 20.3 Å². The number of fused-ring (bicyclic) bond motifs is 3. The maximum absolute atomic E-state index is 12.2. The molecule has 3 N–H and O–H groups in total. The average Bonchev–Trinajstić information content (AvgIpc) is 3.11. The predicted molar refractivity (Wildman–Crippen MR) is 118 cm³/mol. The molecule has 0 saturated heterocycles. The van der Waals surface area contributed by atoms with E-state index >= 15 is 0 Å². The fourth-order valence-electron chi connectivity index (χ4n) is 4.01. The molecule has 6 nitrogen and oxygen atoms in total. The third-order valence-electron chi connectivity index (χ3n) is 5.69. The third kappa shape index (κ3) is 4.60. The first kappa shape index (κ1) is 21.0. The van der Waals surface area contributed by atoms with E-state index in [9.17, 15) is 15.0 Å². The van der Waals surface area contributed by atoms with Crippen LogP contribution in [-0.2, 0) is 4.74 Å². The Morgan fingerprint density at radius 1 is 1.03 bits per heavy atom. The maximum atomic E-state index is 12.2. The molecule has 0 aliphatic heterocycles. The highest BCUT2D eigenvalue weighted by Crippen LogP contribution is 2.44. The smallest absolute Gasteiger partial charge is 0.407 e. The Kier molecular flexibility index (Phi) is 6.30. The summed E-state index contributed by atoms with van der Waals surface area (Å²) in [6.07, 6.45) is -0.877. The number of pyridine rings is 1.